The molecule has 2 rings (SSSR count). The van der Waals surface area contributed by atoms with Crippen LogP contribution in [0.3, 0.4) is 0 Å². The van der Waals surface area contributed by atoms with Crippen molar-refractivity contribution < 1.29 is 23.5 Å². The Bertz CT molecular complexity index is 834. The molecule has 1 amide bonds. The Hall–Kier alpha value is -3.15. The van der Waals surface area contributed by atoms with Crippen LogP contribution in [0.15, 0.2) is 54.6 Å². The van der Waals surface area contributed by atoms with Gasteiger partial charge in [0, 0.05) is 18.7 Å². The molecule has 0 heterocycles. The van der Waals surface area contributed by atoms with E-state index in [0.717, 1.165) is 11.6 Å². The predicted molar refractivity (Wildman–Crippen MR) is 105 cm³/mol. The largest absolute Gasteiger partial charge is 0.494 e. The normalized spacial score (nSPS) is 10.9. The summed E-state index contributed by atoms with van der Waals surface area (Å²) >= 11 is 0. The molecule has 0 atom stereocenters. The number of hydrogen-bond donors (Lipinski definition) is 0. The molecule has 6 heteroatoms. The van der Waals surface area contributed by atoms with Gasteiger partial charge >= 0.3 is 5.97 Å². The first-order chi connectivity index (χ1) is 13.4. The van der Waals surface area contributed by atoms with Gasteiger partial charge in [-0.05, 0) is 43.2 Å². The first-order valence-electron chi connectivity index (χ1n) is 8.92. The number of ether oxygens (including phenoxy) is 2. The fourth-order valence-electron chi connectivity index (χ4n) is 2.55. The number of halogens is 1. The molecule has 5 nitrogen and oxygen atoms in total. The quantitative estimate of drug-likeness (QED) is 0.512. The molecule has 0 radical (unpaired) electrons. The molecule has 0 aliphatic rings. The highest BCUT2D eigenvalue weighted by molar-refractivity contribution is 5.89. The van der Waals surface area contributed by atoms with E-state index in [2.05, 4.69) is 0 Å². The second kappa shape index (κ2) is 10.3. The third kappa shape index (κ3) is 6.23. The molecule has 28 heavy (non-hydrogen) atoms. The Morgan fingerprint density at radius 3 is 2.46 bits per heavy atom. The lowest BCUT2D eigenvalue weighted by Gasteiger charge is -2.26. The molecule has 2 aromatic rings. The molecule has 0 fully saturated rings. The molecule has 0 spiro atoms. The zero-order valence-corrected chi connectivity index (χ0v) is 16.2. The number of carbonyl (C=O) groups excluding carboxylic acids is 2. The summed E-state index contributed by atoms with van der Waals surface area (Å²) in [6.07, 6.45) is 2.57. The third-order valence-corrected chi connectivity index (χ3v) is 4.07. The number of esters is 1. The molecule has 0 unspecified atom stereocenters. The number of methoxy groups -OCH3 is 1. The van der Waals surface area contributed by atoms with Crippen LogP contribution in [0.5, 0.6) is 5.75 Å². The van der Waals surface area contributed by atoms with Crippen LogP contribution < -0.4 is 4.74 Å². The molecule has 0 N–H and O–H groups in total. The Balaban J connectivity index is 1.91. The first-order valence-corrected chi connectivity index (χ1v) is 8.92. The van der Waals surface area contributed by atoms with Gasteiger partial charge in [-0.2, -0.15) is 0 Å². The van der Waals surface area contributed by atoms with E-state index in [1.165, 1.54) is 25.3 Å². The minimum atomic E-state index is -0.673. The Morgan fingerprint density at radius 2 is 1.86 bits per heavy atom. The van der Waals surface area contributed by atoms with Crippen molar-refractivity contribution in [2.24, 2.45) is 0 Å². The zero-order chi connectivity index (χ0) is 20.5. The van der Waals surface area contributed by atoms with Gasteiger partial charge in [0.1, 0.15) is 0 Å². The molecular weight excluding hydrogens is 361 g/mol. The topological polar surface area (TPSA) is 55.8 Å². The maximum Gasteiger partial charge on any atom is 0.331 e. The van der Waals surface area contributed by atoms with Crippen molar-refractivity contribution in [1.82, 2.24) is 4.90 Å². The second-order valence-corrected chi connectivity index (χ2v) is 6.44. The molecule has 2 aromatic carbocycles. The van der Waals surface area contributed by atoms with Crippen LogP contribution in [0.2, 0.25) is 0 Å². The molecule has 0 aromatic heterocycles. The SMILES string of the molecule is COc1ccc(/C=C/C(=O)OCC(=O)N(Cc2ccccc2)C(C)C)cc1F. The summed E-state index contributed by atoms with van der Waals surface area (Å²) in [6.45, 7) is 3.89. The lowest BCUT2D eigenvalue weighted by Crippen LogP contribution is -2.39. The lowest BCUT2D eigenvalue weighted by molar-refractivity contribution is -0.149. The summed E-state index contributed by atoms with van der Waals surface area (Å²) in [5.41, 5.74) is 1.48. The molecule has 0 bridgehead atoms. The minimum Gasteiger partial charge on any atom is -0.494 e. The zero-order valence-electron chi connectivity index (χ0n) is 16.2. The van der Waals surface area contributed by atoms with Crippen molar-refractivity contribution in [3.8, 4) is 5.75 Å². The van der Waals surface area contributed by atoms with Gasteiger partial charge in [0.25, 0.3) is 5.91 Å². The Labute approximate surface area is 164 Å². The van der Waals surface area contributed by atoms with Crippen LogP contribution in [0.1, 0.15) is 25.0 Å². The fraction of sp³-hybridized carbons (Fsp3) is 0.273. The van der Waals surface area contributed by atoms with Crippen LogP contribution in [-0.2, 0) is 20.9 Å². The Kier molecular flexibility index (Phi) is 7.75. The summed E-state index contributed by atoms with van der Waals surface area (Å²) < 4.78 is 23.5. The number of hydrogen-bond acceptors (Lipinski definition) is 4. The average Bonchev–Trinajstić information content (AvgIpc) is 2.69. The molecule has 0 saturated carbocycles. The van der Waals surface area contributed by atoms with E-state index in [9.17, 15) is 14.0 Å². The summed E-state index contributed by atoms with van der Waals surface area (Å²) in [7, 11) is 1.38. The van der Waals surface area contributed by atoms with Crippen LogP contribution in [0.4, 0.5) is 4.39 Å². The number of rotatable bonds is 8. The van der Waals surface area contributed by atoms with Crippen LogP contribution in [0.25, 0.3) is 6.08 Å². The first kappa shape index (κ1) is 21.2. The highest BCUT2D eigenvalue weighted by Crippen LogP contribution is 2.18. The van der Waals surface area contributed by atoms with E-state index in [4.69, 9.17) is 9.47 Å². The molecule has 0 aliphatic heterocycles. The van der Waals surface area contributed by atoms with E-state index in [-0.39, 0.29) is 24.3 Å². The van der Waals surface area contributed by atoms with Gasteiger partial charge in [-0.15, -0.1) is 0 Å². The van der Waals surface area contributed by atoms with Crippen molar-refractivity contribution >= 4 is 18.0 Å². The highest BCUT2D eigenvalue weighted by atomic mass is 19.1. The minimum absolute atomic E-state index is 0.0378. The van der Waals surface area contributed by atoms with Crippen molar-refractivity contribution in [3.05, 3.63) is 71.6 Å². The molecule has 148 valence electrons. The van der Waals surface area contributed by atoms with E-state index >= 15 is 0 Å². The van der Waals surface area contributed by atoms with Gasteiger partial charge in [-0.25, -0.2) is 9.18 Å². The fourth-order valence-corrected chi connectivity index (χ4v) is 2.55. The predicted octanol–water partition coefficient (Wildman–Crippen LogP) is 3.83. The van der Waals surface area contributed by atoms with Gasteiger partial charge in [0.05, 0.1) is 7.11 Å². The van der Waals surface area contributed by atoms with Crippen LogP contribution in [-0.4, -0.2) is 36.5 Å². The summed E-state index contributed by atoms with van der Waals surface area (Å²) in [4.78, 5) is 26.0. The van der Waals surface area contributed by atoms with E-state index < -0.39 is 11.8 Å². The van der Waals surface area contributed by atoms with Gasteiger partial charge in [-0.1, -0.05) is 36.4 Å². The van der Waals surface area contributed by atoms with Crippen molar-refractivity contribution in [2.75, 3.05) is 13.7 Å². The molecule has 0 aliphatic carbocycles. The van der Waals surface area contributed by atoms with Gasteiger partial charge in [-0.3, -0.25) is 4.79 Å². The van der Waals surface area contributed by atoms with E-state index in [0.29, 0.717) is 12.1 Å². The van der Waals surface area contributed by atoms with Crippen LogP contribution in [0, 0.1) is 5.82 Å². The number of amides is 1. The molecular formula is C22H24FNO4. The number of nitrogens with zero attached hydrogens (tertiary/aromatic N) is 1. The third-order valence-electron chi connectivity index (χ3n) is 4.07. The van der Waals surface area contributed by atoms with Crippen LogP contribution >= 0.6 is 0 Å². The summed E-state index contributed by atoms with van der Waals surface area (Å²) in [6, 6.07) is 13.9. The van der Waals surface area contributed by atoms with Gasteiger partial charge in [0.15, 0.2) is 18.2 Å². The standard InChI is InChI=1S/C22H24FNO4/c1-16(2)24(14-18-7-5-4-6-8-18)21(25)15-28-22(26)12-10-17-9-11-20(27-3)19(23)13-17/h4-13,16H,14-15H2,1-3H3/b12-10+. The maximum absolute atomic E-state index is 13.6. The smallest absolute Gasteiger partial charge is 0.331 e. The molecule has 0 saturated heterocycles. The average molecular weight is 385 g/mol. The Morgan fingerprint density at radius 1 is 1.14 bits per heavy atom. The monoisotopic (exact) mass is 385 g/mol. The summed E-state index contributed by atoms with van der Waals surface area (Å²) in [5, 5.41) is 0. The van der Waals surface area contributed by atoms with Crippen molar-refractivity contribution in [2.45, 2.75) is 26.4 Å². The van der Waals surface area contributed by atoms with E-state index in [1.807, 2.05) is 44.2 Å². The van der Waals surface area contributed by atoms with E-state index in [1.54, 1.807) is 11.0 Å². The van der Waals surface area contributed by atoms with Gasteiger partial charge < -0.3 is 14.4 Å². The lowest BCUT2D eigenvalue weighted by atomic mass is 10.2. The van der Waals surface area contributed by atoms with Gasteiger partial charge in [0.2, 0.25) is 0 Å². The van der Waals surface area contributed by atoms with Crippen molar-refractivity contribution in [1.29, 1.82) is 0 Å². The van der Waals surface area contributed by atoms with Crippen molar-refractivity contribution in [3.63, 3.8) is 0 Å². The second-order valence-electron chi connectivity index (χ2n) is 6.44. The summed E-state index contributed by atoms with van der Waals surface area (Å²) in [5.74, 6) is -1.36. The number of carbonyl (C=O) groups is 2. The highest BCUT2D eigenvalue weighted by Gasteiger charge is 2.18. The number of benzene rings is 2. The maximum atomic E-state index is 13.6.